The fourth-order valence-electron chi connectivity index (χ4n) is 2.80. The third-order valence-electron chi connectivity index (χ3n) is 4.39. The molecule has 2 aromatic rings. The van der Waals surface area contributed by atoms with Gasteiger partial charge in [-0.15, -0.1) is 17.5 Å². The van der Waals surface area contributed by atoms with Gasteiger partial charge in [-0.05, 0) is 54.8 Å². The van der Waals surface area contributed by atoms with Crippen LogP contribution in [0.1, 0.15) is 51.3 Å². The number of methoxy groups -OCH3 is 1. The summed E-state index contributed by atoms with van der Waals surface area (Å²) in [6.45, 7) is 3.74. The number of benzene rings is 1. The molecule has 1 aromatic heterocycles. The van der Waals surface area contributed by atoms with E-state index in [2.05, 4.69) is 20.8 Å². The van der Waals surface area contributed by atoms with Gasteiger partial charge in [0.25, 0.3) is 0 Å². The van der Waals surface area contributed by atoms with E-state index in [-0.39, 0.29) is 18.3 Å². The Bertz CT molecular complexity index is 772. The lowest BCUT2D eigenvalue weighted by Crippen LogP contribution is -2.48. The van der Waals surface area contributed by atoms with E-state index in [1.165, 1.54) is 0 Å². The lowest BCUT2D eigenvalue weighted by molar-refractivity contribution is -0.120. The third kappa shape index (κ3) is 4.13. The molecule has 0 bridgehead atoms. The largest absolute Gasteiger partial charge is 0.494 e. The van der Waals surface area contributed by atoms with Crippen LogP contribution >= 0.6 is 12.4 Å². The number of nitrogens with two attached hydrogens (primary N) is 1. The first-order chi connectivity index (χ1) is 12.0. The number of nitrogens with one attached hydrogen (secondary N) is 1. The maximum atomic E-state index is 12.4. The summed E-state index contributed by atoms with van der Waals surface area (Å²) in [6, 6.07) is 5.38. The van der Waals surface area contributed by atoms with Gasteiger partial charge in [0.2, 0.25) is 5.91 Å². The summed E-state index contributed by atoms with van der Waals surface area (Å²) in [7, 11) is 1.59. The highest BCUT2D eigenvalue weighted by Gasteiger charge is 2.31. The molecular formula is C17H25ClN6O2. The number of ether oxygens (including phenoxy) is 1. The van der Waals surface area contributed by atoms with E-state index < -0.39 is 5.54 Å². The Morgan fingerprint density at radius 1 is 1.46 bits per heavy atom. The van der Waals surface area contributed by atoms with E-state index in [4.69, 9.17) is 10.5 Å². The number of amides is 1. The second-order valence-corrected chi connectivity index (χ2v) is 6.73. The Hall–Kier alpha value is -2.19. The Kier molecular flexibility index (Phi) is 6.20. The van der Waals surface area contributed by atoms with Gasteiger partial charge in [-0.3, -0.25) is 4.79 Å². The third-order valence-corrected chi connectivity index (χ3v) is 4.39. The zero-order valence-electron chi connectivity index (χ0n) is 15.2. The molecule has 3 rings (SSSR count). The zero-order chi connectivity index (χ0) is 18.0. The molecule has 1 unspecified atom stereocenters. The standard InChI is InChI=1S/C17H24N6O2.ClH/c1-4-9-17(2,18)16(24)19-12-7-8-14(25-3)13(10-12)23-15(11-5-6-11)20-21-22-23;/h7-8,10-11H,4-6,9,18H2,1-3H3,(H,19,24);1H. The molecule has 1 atom stereocenters. The molecular weight excluding hydrogens is 356 g/mol. The highest BCUT2D eigenvalue weighted by molar-refractivity contribution is 5.97. The number of nitrogens with zero attached hydrogens (tertiary/aromatic N) is 4. The molecule has 26 heavy (non-hydrogen) atoms. The van der Waals surface area contributed by atoms with Crippen LogP contribution in [0.15, 0.2) is 18.2 Å². The maximum Gasteiger partial charge on any atom is 0.244 e. The van der Waals surface area contributed by atoms with Gasteiger partial charge in [-0.1, -0.05) is 13.3 Å². The number of rotatable bonds is 7. The van der Waals surface area contributed by atoms with Gasteiger partial charge in [-0.2, -0.15) is 4.68 Å². The topological polar surface area (TPSA) is 108 Å². The minimum absolute atomic E-state index is 0. The van der Waals surface area contributed by atoms with Gasteiger partial charge >= 0.3 is 0 Å². The molecule has 1 amide bonds. The smallest absolute Gasteiger partial charge is 0.244 e. The van der Waals surface area contributed by atoms with Crippen molar-refractivity contribution in [2.24, 2.45) is 5.73 Å². The Balaban J connectivity index is 0.00000243. The summed E-state index contributed by atoms with van der Waals surface area (Å²) in [5.74, 6) is 1.62. The fourth-order valence-corrected chi connectivity index (χ4v) is 2.80. The van der Waals surface area contributed by atoms with Crippen molar-refractivity contribution in [3.05, 3.63) is 24.0 Å². The maximum absolute atomic E-state index is 12.4. The molecule has 0 saturated heterocycles. The molecule has 1 heterocycles. The van der Waals surface area contributed by atoms with Gasteiger partial charge in [0.15, 0.2) is 5.82 Å². The van der Waals surface area contributed by atoms with Crippen LogP contribution in [0.25, 0.3) is 5.69 Å². The van der Waals surface area contributed by atoms with Crippen molar-refractivity contribution in [1.29, 1.82) is 0 Å². The first-order valence-electron chi connectivity index (χ1n) is 8.53. The van der Waals surface area contributed by atoms with Gasteiger partial charge in [0.05, 0.1) is 12.6 Å². The zero-order valence-corrected chi connectivity index (χ0v) is 16.0. The van der Waals surface area contributed by atoms with Crippen LogP contribution in [0.5, 0.6) is 5.75 Å². The van der Waals surface area contributed by atoms with E-state index in [9.17, 15) is 4.79 Å². The lowest BCUT2D eigenvalue weighted by atomic mass is 9.96. The molecule has 0 aliphatic heterocycles. The van der Waals surface area contributed by atoms with Crippen molar-refractivity contribution in [3.8, 4) is 11.4 Å². The molecule has 1 saturated carbocycles. The van der Waals surface area contributed by atoms with Crippen molar-refractivity contribution in [2.75, 3.05) is 12.4 Å². The Morgan fingerprint density at radius 2 is 2.19 bits per heavy atom. The van der Waals surface area contributed by atoms with Crippen LogP contribution in [0, 0.1) is 0 Å². The molecule has 1 aliphatic rings. The minimum Gasteiger partial charge on any atom is -0.494 e. The van der Waals surface area contributed by atoms with Crippen molar-refractivity contribution < 1.29 is 9.53 Å². The summed E-state index contributed by atoms with van der Waals surface area (Å²) < 4.78 is 7.12. The molecule has 1 aliphatic carbocycles. The number of hydrogen-bond acceptors (Lipinski definition) is 6. The number of anilines is 1. The Labute approximate surface area is 158 Å². The summed E-state index contributed by atoms with van der Waals surface area (Å²) >= 11 is 0. The molecule has 0 spiro atoms. The molecule has 1 fully saturated rings. The van der Waals surface area contributed by atoms with Gasteiger partial charge in [0, 0.05) is 11.6 Å². The second kappa shape index (κ2) is 8.01. The van der Waals surface area contributed by atoms with Crippen LogP contribution in [0.3, 0.4) is 0 Å². The van der Waals surface area contributed by atoms with Crippen molar-refractivity contribution in [3.63, 3.8) is 0 Å². The average molecular weight is 381 g/mol. The average Bonchev–Trinajstić information content (AvgIpc) is 3.31. The molecule has 3 N–H and O–H groups in total. The van der Waals surface area contributed by atoms with E-state index in [1.807, 2.05) is 6.92 Å². The fraction of sp³-hybridized carbons (Fsp3) is 0.529. The predicted molar refractivity (Wildman–Crippen MR) is 101 cm³/mol. The monoisotopic (exact) mass is 380 g/mol. The van der Waals surface area contributed by atoms with Crippen molar-refractivity contribution >= 4 is 24.0 Å². The van der Waals surface area contributed by atoms with E-state index in [1.54, 1.807) is 36.9 Å². The first-order valence-corrected chi connectivity index (χ1v) is 8.53. The minimum atomic E-state index is -0.914. The Morgan fingerprint density at radius 3 is 2.81 bits per heavy atom. The number of tetrazole rings is 1. The molecule has 142 valence electrons. The van der Waals surface area contributed by atoms with Gasteiger partial charge in [0.1, 0.15) is 11.4 Å². The SMILES string of the molecule is CCCC(C)(N)C(=O)Nc1ccc(OC)c(-n2nnnc2C2CC2)c1.Cl. The van der Waals surface area contributed by atoms with E-state index in [0.29, 0.717) is 29.5 Å². The van der Waals surface area contributed by atoms with Crippen LogP contribution in [-0.4, -0.2) is 38.8 Å². The van der Waals surface area contributed by atoms with Crippen LogP contribution in [-0.2, 0) is 4.79 Å². The van der Waals surface area contributed by atoms with Crippen molar-refractivity contribution in [2.45, 2.75) is 51.0 Å². The number of hydrogen-bond donors (Lipinski definition) is 2. The number of carbonyl (C=O) groups is 1. The number of aromatic nitrogens is 4. The van der Waals surface area contributed by atoms with E-state index in [0.717, 1.165) is 25.1 Å². The van der Waals surface area contributed by atoms with Crippen LogP contribution in [0.4, 0.5) is 5.69 Å². The second-order valence-electron chi connectivity index (χ2n) is 6.73. The quantitative estimate of drug-likeness (QED) is 0.763. The van der Waals surface area contributed by atoms with Crippen LogP contribution in [0.2, 0.25) is 0 Å². The number of carbonyl (C=O) groups excluding carboxylic acids is 1. The molecule has 8 nitrogen and oxygen atoms in total. The molecule has 1 aromatic carbocycles. The van der Waals surface area contributed by atoms with Gasteiger partial charge < -0.3 is 15.8 Å². The summed E-state index contributed by atoms with van der Waals surface area (Å²) in [6.07, 6.45) is 3.62. The van der Waals surface area contributed by atoms with Gasteiger partial charge in [-0.25, -0.2) is 0 Å². The highest BCUT2D eigenvalue weighted by Crippen LogP contribution is 2.40. The molecule has 0 radical (unpaired) electrons. The summed E-state index contributed by atoms with van der Waals surface area (Å²) in [5.41, 5.74) is 6.52. The van der Waals surface area contributed by atoms with E-state index >= 15 is 0 Å². The highest BCUT2D eigenvalue weighted by atomic mass is 35.5. The van der Waals surface area contributed by atoms with Crippen LogP contribution < -0.4 is 15.8 Å². The number of halogens is 1. The normalized spacial score (nSPS) is 15.7. The molecule has 9 heteroatoms. The first kappa shape index (κ1) is 20.1. The lowest BCUT2D eigenvalue weighted by Gasteiger charge is -2.23. The van der Waals surface area contributed by atoms with Crippen molar-refractivity contribution in [1.82, 2.24) is 20.2 Å². The summed E-state index contributed by atoms with van der Waals surface area (Å²) in [4.78, 5) is 12.4. The predicted octanol–water partition coefficient (Wildman–Crippen LogP) is 2.43. The summed E-state index contributed by atoms with van der Waals surface area (Å²) in [5, 5.41) is 14.9.